The fraction of sp³-hybridized carbons (Fsp3) is 0.368. The molecule has 2 aromatic heterocycles. The highest BCUT2D eigenvalue weighted by atomic mass is 32.2. The average Bonchev–Trinajstić information content (AvgIpc) is 3.29. The number of hydrogen-bond acceptors (Lipinski definition) is 6. The van der Waals surface area contributed by atoms with Crippen molar-refractivity contribution < 1.29 is 9.15 Å². The maximum atomic E-state index is 5.47. The highest BCUT2D eigenvalue weighted by molar-refractivity contribution is 7.99. The van der Waals surface area contributed by atoms with E-state index in [1.807, 2.05) is 31.2 Å². The molecule has 3 aromatic rings. The van der Waals surface area contributed by atoms with E-state index in [0.29, 0.717) is 0 Å². The zero-order valence-corrected chi connectivity index (χ0v) is 15.6. The number of hydrogen-bond donors (Lipinski definition) is 0. The highest BCUT2D eigenvalue weighted by Gasteiger charge is 2.19. The number of aromatic nitrogens is 3. The van der Waals surface area contributed by atoms with Crippen LogP contribution in [0.2, 0.25) is 0 Å². The van der Waals surface area contributed by atoms with Crippen LogP contribution < -0.4 is 0 Å². The molecule has 1 saturated heterocycles. The number of aryl methyl sites for hydroxylation is 1. The summed E-state index contributed by atoms with van der Waals surface area (Å²) in [7, 11) is 0. The van der Waals surface area contributed by atoms with Gasteiger partial charge in [-0.25, -0.2) is 0 Å². The number of rotatable bonds is 6. The van der Waals surface area contributed by atoms with Crippen molar-refractivity contribution in [2.75, 3.05) is 38.6 Å². The molecule has 1 fully saturated rings. The normalized spacial score (nSPS) is 15.4. The molecule has 1 aromatic carbocycles. The lowest BCUT2D eigenvalue weighted by Gasteiger charge is -2.26. The number of ether oxygens (including phenoxy) is 1. The standard InChI is InChI=1S/C19H22N4O2S/c1-15-17(7-11-25-15)18-20-21-19(23(18)16-5-3-2-4-6-16)26-14-10-22-8-12-24-13-9-22/h2-7,11H,8-10,12-14H2,1H3. The summed E-state index contributed by atoms with van der Waals surface area (Å²) in [6.07, 6.45) is 1.69. The predicted molar refractivity (Wildman–Crippen MR) is 102 cm³/mol. The van der Waals surface area contributed by atoms with Crippen LogP contribution in [-0.4, -0.2) is 58.3 Å². The summed E-state index contributed by atoms with van der Waals surface area (Å²) in [4.78, 5) is 2.43. The van der Waals surface area contributed by atoms with Gasteiger partial charge in [-0.3, -0.25) is 9.47 Å². The molecule has 4 rings (SSSR count). The summed E-state index contributed by atoms with van der Waals surface area (Å²) in [5.41, 5.74) is 2.03. The second-order valence-corrected chi connectivity index (χ2v) is 7.23. The Hall–Kier alpha value is -2.09. The maximum absolute atomic E-state index is 5.47. The van der Waals surface area contributed by atoms with E-state index < -0.39 is 0 Å². The van der Waals surface area contributed by atoms with Gasteiger partial charge in [-0.15, -0.1) is 10.2 Å². The van der Waals surface area contributed by atoms with Gasteiger partial charge in [0.15, 0.2) is 11.0 Å². The first kappa shape index (κ1) is 17.3. The molecule has 7 heteroatoms. The van der Waals surface area contributed by atoms with Crippen LogP contribution in [-0.2, 0) is 4.74 Å². The first-order valence-electron chi connectivity index (χ1n) is 8.81. The minimum absolute atomic E-state index is 0.816. The lowest BCUT2D eigenvalue weighted by Crippen LogP contribution is -2.37. The number of para-hydroxylation sites is 1. The molecule has 0 unspecified atom stereocenters. The van der Waals surface area contributed by atoms with Crippen LogP contribution >= 0.6 is 11.8 Å². The molecule has 3 heterocycles. The van der Waals surface area contributed by atoms with Gasteiger partial charge in [-0.05, 0) is 25.1 Å². The van der Waals surface area contributed by atoms with Gasteiger partial charge >= 0.3 is 0 Å². The van der Waals surface area contributed by atoms with Crippen LogP contribution in [0.3, 0.4) is 0 Å². The number of benzene rings is 1. The zero-order valence-electron chi connectivity index (χ0n) is 14.8. The monoisotopic (exact) mass is 370 g/mol. The van der Waals surface area contributed by atoms with Gasteiger partial charge < -0.3 is 9.15 Å². The minimum atomic E-state index is 0.816. The van der Waals surface area contributed by atoms with E-state index in [9.17, 15) is 0 Å². The molecule has 0 radical (unpaired) electrons. The third-order valence-corrected chi connectivity index (χ3v) is 5.40. The number of furan rings is 1. The molecule has 136 valence electrons. The van der Waals surface area contributed by atoms with E-state index in [2.05, 4.69) is 31.8 Å². The number of thioether (sulfide) groups is 1. The van der Waals surface area contributed by atoms with E-state index in [0.717, 1.165) is 66.6 Å². The Morgan fingerprint density at radius 2 is 1.88 bits per heavy atom. The van der Waals surface area contributed by atoms with E-state index in [1.54, 1.807) is 18.0 Å². The van der Waals surface area contributed by atoms with Crippen molar-refractivity contribution in [2.45, 2.75) is 12.1 Å². The predicted octanol–water partition coefficient (Wildman–Crippen LogP) is 3.26. The van der Waals surface area contributed by atoms with Crippen molar-refractivity contribution in [3.05, 3.63) is 48.4 Å². The molecule has 1 aliphatic heterocycles. The quantitative estimate of drug-likeness (QED) is 0.621. The first-order chi connectivity index (χ1) is 12.8. The van der Waals surface area contributed by atoms with Crippen LogP contribution in [0.1, 0.15) is 5.76 Å². The van der Waals surface area contributed by atoms with Crippen LogP contribution in [0, 0.1) is 6.92 Å². The molecule has 26 heavy (non-hydrogen) atoms. The minimum Gasteiger partial charge on any atom is -0.469 e. The molecule has 0 bridgehead atoms. The van der Waals surface area contributed by atoms with Crippen LogP contribution in [0.5, 0.6) is 0 Å². The summed E-state index contributed by atoms with van der Waals surface area (Å²) < 4.78 is 13.0. The molecule has 0 aliphatic carbocycles. The summed E-state index contributed by atoms with van der Waals surface area (Å²) in [6.45, 7) is 6.64. The molecule has 0 N–H and O–H groups in total. The number of nitrogens with zero attached hydrogens (tertiary/aromatic N) is 4. The molecule has 0 amide bonds. The van der Waals surface area contributed by atoms with Crippen molar-refractivity contribution in [1.29, 1.82) is 0 Å². The lowest BCUT2D eigenvalue weighted by molar-refractivity contribution is 0.0410. The molecule has 1 aliphatic rings. The molecular weight excluding hydrogens is 348 g/mol. The Morgan fingerprint density at radius 3 is 2.62 bits per heavy atom. The van der Waals surface area contributed by atoms with Crippen LogP contribution in [0.15, 0.2) is 52.2 Å². The Labute approximate surface area is 157 Å². The van der Waals surface area contributed by atoms with Crippen LogP contribution in [0.25, 0.3) is 17.1 Å². The van der Waals surface area contributed by atoms with Gasteiger partial charge in [0.1, 0.15) is 5.76 Å². The van der Waals surface area contributed by atoms with Crippen LogP contribution in [0.4, 0.5) is 0 Å². The van der Waals surface area contributed by atoms with E-state index >= 15 is 0 Å². The summed E-state index contributed by atoms with van der Waals surface area (Å²) in [6, 6.07) is 12.2. The highest BCUT2D eigenvalue weighted by Crippen LogP contribution is 2.30. The van der Waals surface area contributed by atoms with Gasteiger partial charge in [-0.2, -0.15) is 0 Å². The van der Waals surface area contributed by atoms with Crippen molar-refractivity contribution in [2.24, 2.45) is 0 Å². The van der Waals surface area contributed by atoms with Gasteiger partial charge in [0.05, 0.1) is 25.0 Å². The molecule has 0 saturated carbocycles. The lowest BCUT2D eigenvalue weighted by atomic mass is 10.2. The SMILES string of the molecule is Cc1occc1-c1nnc(SCCN2CCOCC2)n1-c1ccccc1. The van der Waals surface area contributed by atoms with Gasteiger partial charge in [0.25, 0.3) is 0 Å². The fourth-order valence-electron chi connectivity index (χ4n) is 3.06. The summed E-state index contributed by atoms with van der Waals surface area (Å²) in [5.74, 6) is 2.63. The third-order valence-electron chi connectivity index (χ3n) is 4.49. The molecule has 0 spiro atoms. The molecule has 0 atom stereocenters. The summed E-state index contributed by atoms with van der Waals surface area (Å²) in [5, 5.41) is 9.83. The second-order valence-electron chi connectivity index (χ2n) is 6.17. The third kappa shape index (κ3) is 3.70. The first-order valence-corrected chi connectivity index (χ1v) is 9.79. The maximum Gasteiger partial charge on any atom is 0.196 e. The molecule has 6 nitrogen and oxygen atoms in total. The zero-order chi connectivity index (χ0) is 17.8. The fourth-order valence-corrected chi connectivity index (χ4v) is 4.01. The second kappa shape index (κ2) is 8.07. The van der Waals surface area contributed by atoms with Crippen molar-refractivity contribution in [3.8, 4) is 17.1 Å². The van der Waals surface area contributed by atoms with Gasteiger partial charge in [0.2, 0.25) is 0 Å². The van der Waals surface area contributed by atoms with Crippen molar-refractivity contribution in [3.63, 3.8) is 0 Å². The Morgan fingerprint density at radius 1 is 1.08 bits per heavy atom. The van der Waals surface area contributed by atoms with E-state index in [1.165, 1.54) is 0 Å². The van der Waals surface area contributed by atoms with Crippen molar-refractivity contribution >= 4 is 11.8 Å². The Balaban J connectivity index is 1.58. The van der Waals surface area contributed by atoms with E-state index in [4.69, 9.17) is 9.15 Å². The largest absolute Gasteiger partial charge is 0.469 e. The Bertz CT molecular complexity index is 840. The molecular formula is C19H22N4O2S. The number of morpholine rings is 1. The topological polar surface area (TPSA) is 56.3 Å². The Kier molecular flexibility index (Phi) is 5.38. The van der Waals surface area contributed by atoms with Gasteiger partial charge in [0, 0.05) is 31.1 Å². The average molecular weight is 370 g/mol. The van der Waals surface area contributed by atoms with Crippen molar-refractivity contribution in [1.82, 2.24) is 19.7 Å². The van der Waals surface area contributed by atoms with Gasteiger partial charge in [-0.1, -0.05) is 30.0 Å². The summed E-state index contributed by atoms with van der Waals surface area (Å²) >= 11 is 1.74. The van der Waals surface area contributed by atoms with E-state index in [-0.39, 0.29) is 0 Å². The smallest absolute Gasteiger partial charge is 0.196 e.